The maximum absolute atomic E-state index is 13.1. The van der Waals surface area contributed by atoms with E-state index in [1.807, 2.05) is 54.9 Å². The van der Waals surface area contributed by atoms with E-state index < -0.39 is 11.7 Å². The lowest BCUT2D eigenvalue weighted by Gasteiger charge is -2.13. The molecule has 216 valence electrons. The molecule has 4 aromatic rings. The standard InChI is InChI=1S/C32H32F3N7/c1-22-10-11-25(23(2)40-27-8-4-7-26(18-27)32(33,34)35)17-24(22)12-13-29-21-39-31-30(9-5-16-42(29)31)41-28(19-36)20-38-15-6-14-37-3/h4-5,7-11,16-21,36-38,40-41H,2,6,14-15H2,1,3H3/b28-20+,36-19?. The molecule has 0 radical (unpaired) electrons. The third-order valence-corrected chi connectivity index (χ3v) is 6.37. The average Bonchev–Trinajstić information content (AvgIpc) is 3.39. The van der Waals surface area contributed by atoms with Crippen LogP contribution in [0.5, 0.6) is 0 Å². The zero-order chi connectivity index (χ0) is 30.1. The molecule has 2 heterocycles. The Balaban J connectivity index is 1.53. The summed E-state index contributed by atoms with van der Waals surface area (Å²) in [5, 5.41) is 20.3. The van der Waals surface area contributed by atoms with Gasteiger partial charge in [0.2, 0.25) is 0 Å². The summed E-state index contributed by atoms with van der Waals surface area (Å²) in [7, 11) is 1.91. The third kappa shape index (κ3) is 7.59. The van der Waals surface area contributed by atoms with Crippen LogP contribution in [-0.2, 0) is 6.18 Å². The highest BCUT2D eigenvalue weighted by atomic mass is 19.4. The minimum Gasteiger partial charge on any atom is -0.389 e. The molecule has 0 saturated heterocycles. The number of hydrogen-bond donors (Lipinski definition) is 5. The van der Waals surface area contributed by atoms with Crippen molar-refractivity contribution in [1.82, 2.24) is 20.0 Å². The van der Waals surface area contributed by atoms with Gasteiger partial charge >= 0.3 is 6.18 Å². The fraction of sp³-hybridized carbons (Fsp3) is 0.188. The first-order chi connectivity index (χ1) is 20.2. The maximum atomic E-state index is 13.1. The van der Waals surface area contributed by atoms with Gasteiger partial charge in [0.1, 0.15) is 5.69 Å². The van der Waals surface area contributed by atoms with E-state index in [2.05, 4.69) is 44.7 Å². The smallest absolute Gasteiger partial charge is 0.389 e. The van der Waals surface area contributed by atoms with E-state index in [-0.39, 0.29) is 0 Å². The van der Waals surface area contributed by atoms with Gasteiger partial charge in [-0.1, -0.05) is 30.7 Å². The first kappa shape index (κ1) is 30.0. The van der Waals surface area contributed by atoms with Gasteiger partial charge in [-0.05, 0) is 80.4 Å². The number of fused-ring (bicyclic) bond motifs is 1. The molecular weight excluding hydrogens is 539 g/mol. The number of rotatable bonds is 11. The third-order valence-electron chi connectivity index (χ3n) is 6.37. The first-order valence-electron chi connectivity index (χ1n) is 13.3. The SMILES string of the molecule is C=C(Nc1cccc(C(F)(F)F)c1)c1ccc(C)c(C#Cc2cnc3c(N/C(C=N)=C/NCCCNC)cccn23)c1. The van der Waals surface area contributed by atoms with Crippen LogP contribution in [0.2, 0.25) is 0 Å². The Labute approximate surface area is 243 Å². The summed E-state index contributed by atoms with van der Waals surface area (Å²) in [5.74, 6) is 6.38. The van der Waals surface area contributed by atoms with Gasteiger partial charge < -0.3 is 26.7 Å². The molecule has 0 amide bonds. The molecule has 0 fully saturated rings. The second-order valence-electron chi connectivity index (χ2n) is 9.50. The van der Waals surface area contributed by atoms with E-state index in [1.165, 1.54) is 12.3 Å². The highest BCUT2D eigenvalue weighted by Crippen LogP contribution is 2.31. The number of hydrogen-bond acceptors (Lipinski definition) is 6. The van der Waals surface area contributed by atoms with Crippen LogP contribution >= 0.6 is 0 Å². The van der Waals surface area contributed by atoms with E-state index in [0.29, 0.717) is 34.0 Å². The second kappa shape index (κ2) is 13.6. The molecule has 0 bridgehead atoms. The quantitative estimate of drug-likeness (QED) is 0.0835. The van der Waals surface area contributed by atoms with Gasteiger partial charge in [0, 0.05) is 42.1 Å². The summed E-state index contributed by atoms with van der Waals surface area (Å²) in [6.07, 6.45) is 3.09. The number of allylic oxidation sites excluding steroid dienone is 1. The van der Waals surface area contributed by atoms with Crippen LogP contribution in [-0.4, -0.2) is 35.7 Å². The van der Waals surface area contributed by atoms with Gasteiger partial charge in [0.05, 0.1) is 23.1 Å². The predicted octanol–water partition coefficient (Wildman–Crippen LogP) is 6.25. The average molecular weight is 572 g/mol. The summed E-state index contributed by atoms with van der Waals surface area (Å²) in [6.45, 7) is 7.64. The summed E-state index contributed by atoms with van der Waals surface area (Å²) < 4.78 is 41.2. The molecule has 2 aromatic carbocycles. The zero-order valence-electron chi connectivity index (χ0n) is 23.4. The maximum Gasteiger partial charge on any atom is 0.416 e. The van der Waals surface area contributed by atoms with Crippen LogP contribution in [0.4, 0.5) is 24.5 Å². The van der Waals surface area contributed by atoms with Crippen LogP contribution in [0.3, 0.4) is 0 Å². The number of nitrogens with one attached hydrogen (secondary N) is 5. The summed E-state index contributed by atoms with van der Waals surface area (Å²) >= 11 is 0. The van der Waals surface area contributed by atoms with Gasteiger partial charge in [-0.25, -0.2) is 4.98 Å². The zero-order valence-corrected chi connectivity index (χ0v) is 23.4. The molecule has 4 rings (SSSR count). The van der Waals surface area contributed by atoms with Crippen molar-refractivity contribution in [2.75, 3.05) is 30.8 Å². The van der Waals surface area contributed by atoms with Crippen molar-refractivity contribution in [2.24, 2.45) is 0 Å². The van der Waals surface area contributed by atoms with E-state index in [9.17, 15) is 13.2 Å². The lowest BCUT2D eigenvalue weighted by Crippen LogP contribution is -2.17. The van der Waals surface area contributed by atoms with E-state index in [4.69, 9.17) is 5.41 Å². The lowest BCUT2D eigenvalue weighted by atomic mass is 10.0. The molecule has 0 aliphatic heterocycles. The summed E-state index contributed by atoms with van der Waals surface area (Å²) in [6, 6.07) is 14.4. The Hall–Kier alpha value is -5.01. The van der Waals surface area contributed by atoms with E-state index >= 15 is 0 Å². The number of halogens is 3. The Morgan fingerprint density at radius 1 is 1.07 bits per heavy atom. The number of pyridine rings is 1. The van der Waals surface area contributed by atoms with Crippen molar-refractivity contribution in [3.8, 4) is 11.8 Å². The Morgan fingerprint density at radius 2 is 1.90 bits per heavy atom. The first-order valence-corrected chi connectivity index (χ1v) is 13.3. The molecule has 42 heavy (non-hydrogen) atoms. The highest BCUT2D eigenvalue weighted by molar-refractivity contribution is 5.84. The molecule has 7 nitrogen and oxygen atoms in total. The van der Waals surface area contributed by atoms with Crippen LogP contribution in [0.25, 0.3) is 11.3 Å². The molecule has 0 aliphatic carbocycles. The van der Waals surface area contributed by atoms with Crippen LogP contribution in [0, 0.1) is 24.2 Å². The number of aryl methyl sites for hydroxylation is 1. The number of aromatic nitrogens is 2. The molecule has 0 spiro atoms. The molecule has 2 aromatic heterocycles. The summed E-state index contributed by atoms with van der Waals surface area (Å²) in [5.41, 5.74) is 5.07. The monoisotopic (exact) mass is 571 g/mol. The predicted molar refractivity (Wildman–Crippen MR) is 163 cm³/mol. The molecule has 0 saturated carbocycles. The highest BCUT2D eigenvalue weighted by Gasteiger charge is 2.30. The second-order valence-corrected chi connectivity index (χ2v) is 9.50. The van der Waals surface area contributed by atoms with E-state index in [1.54, 1.807) is 18.5 Å². The topological polar surface area (TPSA) is 89.3 Å². The minimum atomic E-state index is -4.43. The normalized spacial score (nSPS) is 11.5. The van der Waals surface area contributed by atoms with Gasteiger partial charge in [-0.3, -0.25) is 4.40 Å². The van der Waals surface area contributed by atoms with Crippen molar-refractivity contribution < 1.29 is 13.2 Å². The number of nitrogens with zero attached hydrogens (tertiary/aromatic N) is 2. The van der Waals surface area contributed by atoms with Crippen molar-refractivity contribution in [1.29, 1.82) is 5.41 Å². The molecule has 10 heteroatoms. The molecule has 0 aliphatic rings. The van der Waals surface area contributed by atoms with Crippen LogP contribution < -0.4 is 21.3 Å². The molecule has 5 N–H and O–H groups in total. The lowest BCUT2D eigenvalue weighted by molar-refractivity contribution is -0.137. The fourth-order valence-electron chi connectivity index (χ4n) is 4.12. The van der Waals surface area contributed by atoms with Crippen molar-refractivity contribution in [2.45, 2.75) is 19.5 Å². The number of benzene rings is 2. The molecule has 0 unspecified atom stereocenters. The van der Waals surface area contributed by atoms with Gasteiger partial charge in [-0.15, -0.1) is 0 Å². The summed E-state index contributed by atoms with van der Waals surface area (Å²) in [4.78, 5) is 4.54. The Morgan fingerprint density at radius 3 is 2.67 bits per heavy atom. The number of imidazole rings is 1. The Kier molecular flexibility index (Phi) is 9.68. The number of alkyl halides is 3. The minimum absolute atomic E-state index is 0.295. The van der Waals surface area contributed by atoms with Gasteiger partial charge in [0.15, 0.2) is 5.65 Å². The van der Waals surface area contributed by atoms with E-state index in [0.717, 1.165) is 48.5 Å². The van der Waals surface area contributed by atoms with Crippen molar-refractivity contribution in [3.63, 3.8) is 0 Å². The fourth-order valence-corrected chi connectivity index (χ4v) is 4.12. The molecular formula is C32H32F3N7. The van der Waals surface area contributed by atoms with Gasteiger partial charge in [-0.2, -0.15) is 13.2 Å². The van der Waals surface area contributed by atoms with Crippen LogP contribution in [0.1, 0.15) is 34.4 Å². The van der Waals surface area contributed by atoms with Gasteiger partial charge in [0.25, 0.3) is 0 Å². The Bertz CT molecular complexity index is 1670. The van der Waals surface area contributed by atoms with Crippen molar-refractivity contribution >= 4 is 28.9 Å². The van der Waals surface area contributed by atoms with Crippen molar-refractivity contribution in [3.05, 3.63) is 113 Å². The van der Waals surface area contributed by atoms with Crippen LogP contribution in [0.15, 0.2) is 85.5 Å². The number of anilines is 2. The largest absolute Gasteiger partial charge is 0.416 e. The molecule has 0 atom stereocenters.